The van der Waals surface area contributed by atoms with Crippen LogP contribution < -0.4 is 0 Å². The van der Waals surface area contributed by atoms with Crippen LogP contribution in [0.2, 0.25) is 0 Å². The number of pyridine rings is 1. The predicted molar refractivity (Wildman–Crippen MR) is 119 cm³/mol. The molecule has 1 amide bonds. The summed E-state index contributed by atoms with van der Waals surface area (Å²) in [7, 11) is 0. The molecule has 0 spiro atoms. The third kappa shape index (κ3) is 3.46. The zero-order chi connectivity index (χ0) is 20.3. The van der Waals surface area contributed by atoms with Gasteiger partial charge in [0.05, 0.1) is 18.7 Å². The minimum absolute atomic E-state index is 0.0475. The third-order valence-corrected chi connectivity index (χ3v) is 5.59. The van der Waals surface area contributed by atoms with Crippen LogP contribution in [0.15, 0.2) is 85.1 Å². The Balaban J connectivity index is 1.63. The molecule has 0 N–H and O–H groups in total. The van der Waals surface area contributed by atoms with Crippen LogP contribution in [0.5, 0.6) is 0 Å². The van der Waals surface area contributed by atoms with Crippen LogP contribution in [-0.4, -0.2) is 42.1 Å². The quantitative estimate of drug-likeness (QED) is 0.489. The minimum Gasteiger partial charge on any atom is -0.378 e. The molecule has 4 nitrogen and oxygen atoms in total. The molecular weight excluding hydrogens is 372 g/mol. The fourth-order valence-corrected chi connectivity index (χ4v) is 4.05. The van der Waals surface area contributed by atoms with Gasteiger partial charge in [-0.2, -0.15) is 0 Å². The smallest absolute Gasteiger partial charge is 0.254 e. The van der Waals surface area contributed by atoms with Crippen molar-refractivity contribution in [1.82, 2.24) is 9.88 Å². The Labute approximate surface area is 175 Å². The molecule has 1 aliphatic heterocycles. The van der Waals surface area contributed by atoms with E-state index in [2.05, 4.69) is 53.5 Å². The summed E-state index contributed by atoms with van der Waals surface area (Å²) in [5.74, 6) is 0.0475. The second kappa shape index (κ2) is 8.09. The van der Waals surface area contributed by atoms with Crippen molar-refractivity contribution in [3.05, 3.63) is 90.6 Å². The van der Waals surface area contributed by atoms with Crippen molar-refractivity contribution < 1.29 is 9.53 Å². The van der Waals surface area contributed by atoms with Crippen molar-refractivity contribution in [1.29, 1.82) is 0 Å². The lowest BCUT2D eigenvalue weighted by molar-refractivity contribution is 0.0303. The van der Waals surface area contributed by atoms with E-state index < -0.39 is 0 Å². The molecule has 30 heavy (non-hydrogen) atoms. The fourth-order valence-electron chi connectivity index (χ4n) is 4.05. The van der Waals surface area contributed by atoms with E-state index in [1.165, 1.54) is 5.56 Å². The van der Waals surface area contributed by atoms with E-state index in [-0.39, 0.29) is 5.91 Å². The van der Waals surface area contributed by atoms with Gasteiger partial charge in [0.1, 0.15) is 0 Å². The summed E-state index contributed by atoms with van der Waals surface area (Å²) in [6.45, 7) is 2.45. The number of benzene rings is 3. The van der Waals surface area contributed by atoms with Crippen molar-refractivity contribution in [2.75, 3.05) is 26.3 Å². The molecule has 1 fully saturated rings. The van der Waals surface area contributed by atoms with Crippen LogP contribution in [0.3, 0.4) is 0 Å². The Bertz CT molecular complexity index is 1200. The topological polar surface area (TPSA) is 42.4 Å². The normalized spacial score (nSPS) is 14.1. The second-order valence-electron chi connectivity index (χ2n) is 7.41. The van der Waals surface area contributed by atoms with E-state index in [1.807, 2.05) is 41.4 Å². The van der Waals surface area contributed by atoms with E-state index in [0.717, 1.165) is 27.6 Å². The van der Waals surface area contributed by atoms with Gasteiger partial charge < -0.3 is 9.64 Å². The van der Waals surface area contributed by atoms with Gasteiger partial charge in [-0.25, -0.2) is 0 Å². The average molecular weight is 394 g/mol. The molecule has 4 aromatic rings. The van der Waals surface area contributed by atoms with Crippen molar-refractivity contribution in [3.63, 3.8) is 0 Å². The molecule has 5 rings (SSSR count). The highest BCUT2D eigenvalue weighted by Gasteiger charge is 2.19. The van der Waals surface area contributed by atoms with E-state index in [9.17, 15) is 4.79 Å². The van der Waals surface area contributed by atoms with Gasteiger partial charge in [0.25, 0.3) is 5.91 Å². The Morgan fingerprint density at radius 1 is 0.800 bits per heavy atom. The number of fused-ring (bicyclic) bond motifs is 1. The van der Waals surface area contributed by atoms with Gasteiger partial charge in [0.2, 0.25) is 0 Å². The van der Waals surface area contributed by atoms with Gasteiger partial charge >= 0.3 is 0 Å². The molecule has 0 atom stereocenters. The summed E-state index contributed by atoms with van der Waals surface area (Å²) >= 11 is 0. The molecule has 1 saturated heterocycles. The minimum atomic E-state index is 0.0475. The third-order valence-electron chi connectivity index (χ3n) is 5.59. The number of amides is 1. The van der Waals surface area contributed by atoms with E-state index in [0.29, 0.717) is 31.9 Å². The fraction of sp³-hybridized carbons (Fsp3) is 0.154. The van der Waals surface area contributed by atoms with Gasteiger partial charge in [-0.1, -0.05) is 54.6 Å². The molecule has 4 heteroatoms. The van der Waals surface area contributed by atoms with Crippen LogP contribution in [-0.2, 0) is 4.74 Å². The lowest BCUT2D eigenvalue weighted by Crippen LogP contribution is -2.40. The van der Waals surface area contributed by atoms with Crippen LogP contribution in [0.25, 0.3) is 33.2 Å². The first kappa shape index (κ1) is 18.5. The summed E-state index contributed by atoms with van der Waals surface area (Å²) in [6, 6.07) is 26.6. The standard InChI is InChI=1S/C26H22N2O2/c29-26(28-14-16-30-17-15-28)20-10-11-25-24(18-20)23(12-13-27-25)22-9-5-4-8-21(22)19-6-2-1-3-7-19/h1-13,18H,14-17H2. The maximum atomic E-state index is 13.0. The first-order chi connectivity index (χ1) is 14.8. The number of ether oxygens (including phenoxy) is 1. The van der Waals surface area contributed by atoms with Gasteiger partial charge in [-0.05, 0) is 46.5 Å². The maximum absolute atomic E-state index is 13.0. The molecule has 3 aromatic carbocycles. The number of morpholine rings is 1. The van der Waals surface area contributed by atoms with Gasteiger partial charge in [-0.15, -0.1) is 0 Å². The number of hydrogen-bond donors (Lipinski definition) is 0. The molecule has 0 bridgehead atoms. The second-order valence-corrected chi connectivity index (χ2v) is 7.41. The van der Waals surface area contributed by atoms with Crippen LogP contribution in [0.1, 0.15) is 10.4 Å². The summed E-state index contributed by atoms with van der Waals surface area (Å²) in [4.78, 5) is 19.4. The molecule has 1 aliphatic rings. The van der Waals surface area contributed by atoms with Crippen LogP contribution in [0, 0.1) is 0 Å². The molecule has 0 radical (unpaired) electrons. The van der Waals surface area contributed by atoms with Crippen molar-refractivity contribution in [3.8, 4) is 22.3 Å². The molecule has 2 heterocycles. The highest BCUT2D eigenvalue weighted by Crippen LogP contribution is 2.35. The number of carbonyl (C=O) groups is 1. The number of aromatic nitrogens is 1. The highest BCUT2D eigenvalue weighted by molar-refractivity contribution is 6.03. The monoisotopic (exact) mass is 394 g/mol. The average Bonchev–Trinajstić information content (AvgIpc) is 2.84. The molecule has 0 unspecified atom stereocenters. The zero-order valence-electron chi connectivity index (χ0n) is 16.6. The first-order valence-corrected chi connectivity index (χ1v) is 10.2. The summed E-state index contributed by atoms with van der Waals surface area (Å²) in [6.07, 6.45) is 1.84. The summed E-state index contributed by atoms with van der Waals surface area (Å²) < 4.78 is 5.38. The Morgan fingerprint density at radius 2 is 1.53 bits per heavy atom. The predicted octanol–water partition coefficient (Wildman–Crippen LogP) is 5.04. The number of hydrogen-bond acceptors (Lipinski definition) is 3. The lowest BCUT2D eigenvalue weighted by atomic mass is 9.92. The zero-order valence-corrected chi connectivity index (χ0v) is 16.6. The molecule has 0 aliphatic carbocycles. The Morgan fingerprint density at radius 3 is 2.33 bits per heavy atom. The summed E-state index contributed by atoms with van der Waals surface area (Å²) in [5.41, 5.74) is 6.11. The SMILES string of the molecule is O=C(c1ccc2nccc(-c3ccccc3-c3ccccc3)c2c1)N1CCOCC1. The Kier molecular flexibility index (Phi) is 4.99. The summed E-state index contributed by atoms with van der Waals surface area (Å²) in [5, 5.41) is 0.986. The van der Waals surface area contributed by atoms with E-state index in [4.69, 9.17) is 4.74 Å². The number of carbonyl (C=O) groups excluding carboxylic acids is 1. The van der Waals surface area contributed by atoms with E-state index >= 15 is 0 Å². The van der Waals surface area contributed by atoms with Gasteiger partial charge in [0.15, 0.2) is 0 Å². The van der Waals surface area contributed by atoms with Crippen LogP contribution >= 0.6 is 0 Å². The van der Waals surface area contributed by atoms with Crippen molar-refractivity contribution in [2.24, 2.45) is 0 Å². The van der Waals surface area contributed by atoms with Gasteiger partial charge in [-0.3, -0.25) is 9.78 Å². The molecule has 148 valence electrons. The highest BCUT2D eigenvalue weighted by atomic mass is 16.5. The molecule has 1 aromatic heterocycles. The first-order valence-electron chi connectivity index (χ1n) is 10.2. The van der Waals surface area contributed by atoms with Crippen molar-refractivity contribution >= 4 is 16.8 Å². The van der Waals surface area contributed by atoms with E-state index in [1.54, 1.807) is 0 Å². The maximum Gasteiger partial charge on any atom is 0.254 e. The molecular formula is C26H22N2O2. The lowest BCUT2D eigenvalue weighted by Gasteiger charge is -2.27. The number of rotatable bonds is 3. The molecule has 0 saturated carbocycles. The largest absolute Gasteiger partial charge is 0.378 e. The Hall–Kier alpha value is -3.50. The van der Waals surface area contributed by atoms with Gasteiger partial charge in [0, 0.05) is 30.2 Å². The number of nitrogens with zero attached hydrogens (tertiary/aromatic N) is 2. The van der Waals surface area contributed by atoms with Crippen molar-refractivity contribution in [2.45, 2.75) is 0 Å². The van der Waals surface area contributed by atoms with Crippen LogP contribution in [0.4, 0.5) is 0 Å².